The second-order valence-electron chi connectivity index (χ2n) is 7.29. The van der Waals surface area contributed by atoms with Gasteiger partial charge in [0, 0.05) is 0 Å². The molecule has 0 spiro atoms. The number of hydrazone groups is 1. The molecule has 1 aromatic heterocycles. The average molecular weight is 475 g/mol. The van der Waals surface area contributed by atoms with Crippen molar-refractivity contribution in [2.24, 2.45) is 5.10 Å². The number of imidazole rings is 1. The zero-order valence-electron chi connectivity index (χ0n) is 18.1. The van der Waals surface area contributed by atoms with Crippen LogP contribution in [0.15, 0.2) is 89.1 Å². The zero-order chi connectivity index (χ0) is 23.8. The van der Waals surface area contributed by atoms with Crippen LogP contribution >= 0.6 is 11.8 Å². The molecule has 1 heterocycles. The molecule has 0 saturated carbocycles. The number of aromatic nitrogens is 2. The van der Waals surface area contributed by atoms with E-state index < -0.39 is 12.6 Å². The van der Waals surface area contributed by atoms with Crippen LogP contribution in [0.25, 0.3) is 11.0 Å². The van der Waals surface area contributed by atoms with Crippen molar-refractivity contribution < 1.29 is 19.4 Å². The number of para-hydroxylation sites is 2. The van der Waals surface area contributed by atoms with Crippen molar-refractivity contribution in [1.82, 2.24) is 15.0 Å². The SMILES string of the molecule is O=C(O)COc1cccc(/C=N/NC(=O)CSc2nc3ccccc3n2Cc2ccccc2)c1. The highest BCUT2D eigenvalue weighted by atomic mass is 32.2. The smallest absolute Gasteiger partial charge is 0.341 e. The summed E-state index contributed by atoms with van der Waals surface area (Å²) in [5.74, 6) is -0.762. The third kappa shape index (κ3) is 6.23. The van der Waals surface area contributed by atoms with Gasteiger partial charge in [-0.15, -0.1) is 0 Å². The molecule has 0 saturated heterocycles. The average Bonchev–Trinajstić information content (AvgIpc) is 3.19. The van der Waals surface area contributed by atoms with Crippen LogP contribution in [0.4, 0.5) is 0 Å². The zero-order valence-corrected chi connectivity index (χ0v) is 18.9. The Morgan fingerprint density at radius 2 is 1.85 bits per heavy atom. The fourth-order valence-corrected chi connectivity index (χ4v) is 4.06. The lowest BCUT2D eigenvalue weighted by Gasteiger charge is -2.09. The molecule has 0 unspecified atom stereocenters. The highest BCUT2D eigenvalue weighted by molar-refractivity contribution is 7.99. The Labute approximate surface area is 200 Å². The number of aliphatic carboxylic acids is 1. The number of benzene rings is 3. The second kappa shape index (κ2) is 11.2. The number of amides is 1. The van der Waals surface area contributed by atoms with Gasteiger partial charge in [0.2, 0.25) is 0 Å². The molecular formula is C25H22N4O4S. The molecule has 0 aliphatic carbocycles. The minimum atomic E-state index is -1.05. The van der Waals surface area contributed by atoms with Crippen LogP contribution in [0.2, 0.25) is 0 Å². The van der Waals surface area contributed by atoms with Crippen LogP contribution in [0.1, 0.15) is 11.1 Å². The largest absolute Gasteiger partial charge is 0.482 e. The summed E-state index contributed by atoms with van der Waals surface area (Å²) in [5.41, 5.74) is 6.22. The van der Waals surface area contributed by atoms with Gasteiger partial charge in [0.1, 0.15) is 5.75 Å². The van der Waals surface area contributed by atoms with Gasteiger partial charge in [-0.05, 0) is 35.4 Å². The monoisotopic (exact) mass is 474 g/mol. The molecule has 0 aliphatic rings. The van der Waals surface area contributed by atoms with Gasteiger partial charge in [0.05, 0.1) is 29.5 Å². The number of nitrogens with one attached hydrogen (secondary N) is 1. The molecule has 8 nitrogen and oxygen atoms in total. The van der Waals surface area contributed by atoms with Crippen LogP contribution in [-0.2, 0) is 16.1 Å². The third-order valence-electron chi connectivity index (χ3n) is 4.76. The first-order valence-corrected chi connectivity index (χ1v) is 11.5. The van der Waals surface area contributed by atoms with Crippen molar-refractivity contribution >= 4 is 40.9 Å². The number of hydrogen-bond acceptors (Lipinski definition) is 6. The molecule has 0 fully saturated rings. The fourth-order valence-electron chi connectivity index (χ4n) is 3.25. The summed E-state index contributed by atoms with van der Waals surface area (Å²) >= 11 is 1.35. The van der Waals surface area contributed by atoms with E-state index in [0.29, 0.717) is 17.9 Å². The minimum absolute atomic E-state index is 0.150. The fraction of sp³-hybridized carbons (Fsp3) is 0.120. The normalized spacial score (nSPS) is 11.1. The number of hydrogen-bond donors (Lipinski definition) is 2. The predicted molar refractivity (Wildman–Crippen MR) is 131 cm³/mol. The second-order valence-corrected chi connectivity index (χ2v) is 8.23. The summed E-state index contributed by atoms with van der Waals surface area (Å²) in [7, 11) is 0. The highest BCUT2D eigenvalue weighted by Crippen LogP contribution is 2.25. The molecule has 3 aromatic carbocycles. The number of fused-ring (bicyclic) bond motifs is 1. The van der Waals surface area contributed by atoms with Gasteiger partial charge in [-0.3, -0.25) is 4.79 Å². The first-order valence-electron chi connectivity index (χ1n) is 10.5. The molecule has 0 bridgehead atoms. The van der Waals surface area contributed by atoms with E-state index in [4.69, 9.17) is 14.8 Å². The highest BCUT2D eigenvalue weighted by Gasteiger charge is 2.13. The first kappa shape index (κ1) is 23.1. The Morgan fingerprint density at radius 1 is 1.06 bits per heavy atom. The summed E-state index contributed by atoms with van der Waals surface area (Å²) in [6.07, 6.45) is 1.47. The number of carboxylic acids is 1. The number of rotatable bonds is 10. The molecule has 9 heteroatoms. The van der Waals surface area contributed by atoms with Gasteiger partial charge >= 0.3 is 5.97 Å². The Bertz CT molecular complexity index is 1320. The maximum Gasteiger partial charge on any atom is 0.341 e. The molecular weight excluding hydrogens is 452 g/mol. The number of nitrogens with zero attached hydrogens (tertiary/aromatic N) is 3. The predicted octanol–water partition coefficient (Wildman–Crippen LogP) is 3.79. The summed E-state index contributed by atoms with van der Waals surface area (Å²) in [4.78, 5) is 27.7. The van der Waals surface area contributed by atoms with Crippen LogP contribution in [-0.4, -0.2) is 45.1 Å². The van der Waals surface area contributed by atoms with Gasteiger partial charge in [-0.2, -0.15) is 5.10 Å². The molecule has 0 radical (unpaired) electrons. The maximum atomic E-state index is 12.4. The topological polar surface area (TPSA) is 106 Å². The van der Waals surface area contributed by atoms with E-state index in [0.717, 1.165) is 21.8 Å². The lowest BCUT2D eigenvalue weighted by Crippen LogP contribution is -2.20. The quantitative estimate of drug-likeness (QED) is 0.206. The van der Waals surface area contributed by atoms with Crippen molar-refractivity contribution in [2.45, 2.75) is 11.7 Å². The molecule has 1 amide bonds. The van der Waals surface area contributed by atoms with Crippen molar-refractivity contribution in [3.63, 3.8) is 0 Å². The van der Waals surface area contributed by atoms with Crippen molar-refractivity contribution in [1.29, 1.82) is 0 Å². The number of thioether (sulfide) groups is 1. The first-order chi connectivity index (χ1) is 16.6. The van der Waals surface area contributed by atoms with Crippen molar-refractivity contribution in [2.75, 3.05) is 12.4 Å². The molecule has 0 aliphatic heterocycles. The van der Waals surface area contributed by atoms with Crippen molar-refractivity contribution in [3.05, 3.63) is 90.0 Å². The van der Waals surface area contributed by atoms with E-state index in [1.807, 2.05) is 42.5 Å². The third-order valence-corrected chi connectivity index (χ3v) is 5.74. The Morgan fingerprint density at radius 3 is 2.68 bits per heavy atom. The number of carbonyl (C=O) groups is 2. The van der Waals surface area contributed by atoms with Gasteiger partial charge in [-0.1, -0.05) is 66.4 Å². The van der Waals surface area contributed by atoms with E-state index in [1.54, 1.807) is 24.3 Å². The Balaban J connectivity index is 1.38. The molecule has 0 atom stereocenters. The van der Waals surface area contributed by atoms with Crippen LogP contribution in [0.5, 0.6) is 5.75 Å². The summed E-state index contributed by atoms with van der Waals surface area (Å²) in [5, 5.41) is 13.4. The van der Waals surface area contributed by atoms with E-state index in [1.165, 1.54) is 18.0 Å². The van der Waals surface area contributed by atoms with E-state index in [9.17, 15) is 9.59 Å². The van der Waals surface area contributed by atoms with E-state index in [-0.39, 0.29) is 11.7 Å². The lowest BCUT2D eigenvalue weighted by atomic mass is 10.2. The van der Waals surface area contributed by atoms with Crippen LogP contribution in [0.3, 0.4) is 0 Å². The summed E-state index contributed by atoms with van der Waals surface area (Å²) < 4.78 is 7.25. The van der Waals surface area contributed by atoms with Gasteiger partial charge in [0.15, 0.2) is 11.8 Å². The van der Waals surface area contributed by atoms with E-state index in [2.05, 4.69) is 27.2 Å². The maximum absolute atomic E-state index is 12.4. The van der Waals surface area contributed by atoms with Gasteiger partial charge in [-0.25, -0.2) is 15.2 Å². The summed E-state index contributed by atoms with van der Waals surface area (Å²) in [6.45, 7) is 0.230. The molecule has 4 rings (SSSR count). The van der Waals surface area contributed by atoms with Gasteiger partial charge in [0.25, 0.3) is 5.91 Å². The van der Waals surface area contributed by atoms with Crippen molar-refractivity contribution in [3.8, 4) is 5.75 Å². The summed E-state index contributed by atoms with van der Waals surface area (Å²) in [6, 6.07) is 24.8. The Hall–Kier alpha value is -4.11. The Kier molecular flexibility index (Phi) is 7.56. The molecule has 4 aromatic rings. The molecule has 34 heavy (non-hydrogen) atoms. The standard InChI is InChI=1S/C25H22N4O4S/c30-23(28-26-14-19-9-6-10-20(13-19)33-16-24(31)32)17-34-25-27-21-11-4-5-12-22(21)29(25)15-18-7-2-1-3-8-18/h1-14H,15-17H2,(H,28,30)(H,31,32)/b26-14+. The van der Waals surface area contributed by atoms with E-state index >= 15 is 0 Å². The minimum Gasteiger partial charge on any atom is -0.482 e. The number of ether oxygens (including phenoxy) is 1. The lowest BCUT2D eigenvalue weighted by molar-refractivity contribution is -0.139. The number of carbonyl (C=O) groups excluding carboxylic acids is 1. The van der Waals surface area contributed by atoms with Crippen LogP contribution < -0.4 is 10.2 Å². The molecule has 172 valence electrons. The van der Waals surface area contributed by atoms with Gasteiger partial charge < -0.3 is 14.4 Å². The number of carboxylic acid groups (broad SMARTS) is 1. The molecule has 2 N–H and O–H groups in total. The van der Waals surface area contributed by atoms with Crippen LogP contribution in [0, 0.1) is 0 Å².